The molecule has 5 heteroatoms. The van der Waals surface area contributed by atoms with E-state index in [4.69, 9.17) is 14.7 Å². The van der Waals surface area contributed by atoms with Crippen LogP contribution in [0.3, 0.4) is 0 Å². The normalized spacial score (nSPS) is 12.0. The van der Waals surface area contributed by atoms with E-state index in [-0.39, 0.29) is 12.7 Å². The number of amides is 1. The summed E-state index contributed by atoms with van der Waals surface area (Å²) in [5.41, 5.74) is 1.93. The zero-order valence-corrected chi connectivity index (χ0v) is 10.2. The topological polar surface area (TPSA) is 71.4 Å². The van der Waals surface area contributed by atoms with Crippen LogP contribution in [-0.4, -0.2) is 19.2 Å². The Morgan fingerprint density at radius 3 is 2.67 bits per heavy atom. The molecule has 0 aliphatic carbocycles. The Kier molecular flexibility index (Phi) is 3.68. The van der Waals surface area contributed by atoms with Crippen molar-refractivity contribution in [1.29, 1.82) is 5.26 Å². The van der Waals surface area contributed by atoms with Gasteiger partial charge >= 0.3 is 0 Å². The van der Waals surface area contributed by atoms with E-state index < -0.39 is 0 Å². The fourth-order valence-corrected chi connectivity index (χ4v) is 1.88. The number of hydrogen-bond acceptors (Lipinski definition) is 4. The van der Waals surface area contributed by atoms with Gasteiger partial charge in [-0.1, -0.05) is 0 Å². The standard InChI is InChI=1S/C13H14N2O3/c1-9(16)15-5-3-11-7-13-12(17-8-18-13)6-10(11)2-4-14/h6-7H,2-3,5,8H2,1H3,(H,15,16). The number of rotatable bonds is 4. The van der Waals surface area contributed by atoms with Gasteiger partial charge in [0.1, 0.15) is 0 Å². The molecule has 0 saturated carbocycles. The number of fused-ring (bicyclic) bond motifs is 1. The van der Waals surface area contributed by atoms with Crippen LogP contribution in [0.4, 0.5) is 0 Å². The van der Waals surface area contributed by atoms with Crippen molar-refractivity contribution in [3.63, 3.8) is 0 Å². The monoisotopic (exact) mass is 246 g/mol. The second-order valence-electron chi connectivity index (χ2n) is 4.04. The Hall–Kier alpha value is -2.22. The summed E-state index contributed by atoms with van der Waals surface area (Å²) in [5.74, 6) is 1.33. The van der Waals surface area contributed by atoms with Gasteiger partial charge in [-0.3, -0.25) is 4.79 Å². The van der Waals surface area contributed by atoms with E-state index >= 15 is 0 Å². The third kappa shape index (κ3) is 2.72. The van der Waals surface area contributed by atoms with E-state index in [0.717, 1.165) is 11.1 Å². The predicted molar refractivity (Wildman–Crippen MR) is 64.3 cm³/mol. The maximum absolute atomic E-state index is 10.8. The van der Waals surface area contributed by atoms with Crippen molar-refractivity contribution in [2.45, 2.75) is 19.8 Å². The fraction of sp³-hybridized carbons (Fsp3) is 0.385. The Morgan fingerprint density at radius 2 is 2.06 bits per heavy atom. The van der Waals surface area contributed by atoms with Crippen LogP contribution in [0.25, 0.3) is 0 Å². The van der Waals surface area contributed by atoms with Crippen molar-refractivity contribution in [2.24, 2.45) is 0 Å². The Balaban J connectivity index is 2.16. The van der Waals surface area contributed by atoms with E-state index in [1.807, 2.05) is 12.1 Å². The van der Waals surface area contributed by atoms with Crippen molar-refractivity contribution in [3.05, 3.63) is 23.3 Å². The molecule has 0 saturated heterocycles. The van der Waals surface area contributed by atoms with Crippen LogP contribution in [0.1, 0.15) is 18.1 Å². The number of nitriles is 1. The maximum Gasteiger partial charge on any atom is 0.231 e. The molecular formula is C13H14N2O3. The number of hydrogen-bond donors (Lipinski definition) is 1. The van der Waals surface area contributed by atoms with Crippen LogP contribution in [0, 0.1) is 11.3 Å². The molecule has 0 spiro atoms. The molecule has 1 amide bonds. The van der Waals surface area contributed by atoms with Crippen LogP contribution in [-0.2, 0) is 17.6 Å². The van der Waals surface area contributed by atoms with Gasteiger partial charge in [0.25, 0.3) is 0 Å². The first kappa shape index (κ1) is 12.2. The molecule has 1 N–H and O–H groups in total. The minimum absolute atomic E-state index is 0.0578. The molecule has 1 aliphatic rings. The third-order valence-corrected chi connectivity index (χ3v) is 2.73. The summed E-state index contributed by atoms with van der Waals surface area (Å²) in [4.78, 5) is 10.8. The highest BCUT2D eigenvalue weighted by atomic mass is 16.7. The summed E-state index contributed by atoms with van der Waals surface area (Å²) >= 11 is 0. The summed E-state index contributed by atoms with van der Waals surface area (Å²) in [6.45, 7) is 2.25. The minimum atomic E-state index is -0.0578. The Bertz CT molecular complexity index is 506. The number of nitrogens with zero attached hydrogens (tertiary/aromatic N) is 1. The molecule has 2 rings (SSSR count). The molecule has 5 nitrogen and oxygen atoms in total. The molecule has 18 heavy (non-hydrogen) atoms. The Labute approximate surface area is 105 Å². The molecule has 0 unspecified atom stereocenters. The second kappa shape index (κ2) is 5.41. The molecular weight excluding hydrogens is 232 g/mol. The average molecular weight is 246 g/mol. The Morgan fingerprint density at radius 1 is 1.39 bits per heavy atom. The quantitative estimate of drug-likeness (QED) is 0.865. The van der Waals surface area contributed by atoms with Gasteiger partial charge < -0.3 is 14.8 Å². The number of nitrogens with one attached hydrogen (secondary N) is 1. The smallest absolute Gasteiger partial charge is 0.231 e. The molecule has 0 bridgehead atoms. The zero-order valence-electron chi connectivity index (χ0n) is 10.2. The van der Waals surface area contributed by atoms with Crippen LogP contribution in [0.2, 0.25) is 0 Å². The van der Waals surface area contributed by atoms with Crippen molar-refractivity contribution < 1.29 is 14.3 Å². The molecule has 0 fully saturated rings. The third-order valence-electron chi connectivity index (χ3n) is 2.73. The molecule has 94 valence electrons. The lowest BCUT2D eigenvalue weighted by Crippen LogP contribution is -2.22. The molecule has 1 heterocycles. The minimum Gasteiger partial charge on any atom is -0.454 e. The lowest BCUT2D eigenvalue weighted by molar-refractivity contribution is -0.118. The first-order valence-corrected chi connectivity index (χ1v) is 5.73. The van der Waals surface area contributed by atoms with Gasteiger partial charge in [-0.05, 0) is 29.7 Å². The molecule has 1 aromatic carbocycles. The van der Waals surface area contributed by atoms with Crippen molar-refractivity contribution >= 4 is 5.91 Å². The van der Waals surface area contributed by atoms with Gasteiger partial charge in [-0.15, -0.1) is 0 Å². The largest absolute Gasteiger partial charge is 0.454 e. The van der Waals surface area contributed by atoms with Crippen molar-refractivity contribution in [1.82, 2.24) is 5.32 Å². The molecule has 0 radical (unpaired) electrons. The van der Waals surface area contributed by atoms with Crippen molar-refractivity contribution in [3.8, 4) is 17.6 Å². The van der Waals surface area contributed by atoms with E-state index in [2.05, 4.69) is 11.4 Å². The highest BCUT2D eigenvalue weighted by Crippen LogP contribution is 2.35. The van der Waals surface area contributed by atoms with E-state index in [1.165, 1.54) is 6.92 Å². The van der Waals surface area contributed by atoms with Gasteiger partial charge in [-0.25, -0.2) is 0 Å². The lowest BCUT2D eigenvalue weighted by Gasteiger charge is -2.09. The lowest BCUT2D eigenvalue weighted by atomic mass is 10.0. The van der Waals surface area contributed by atoms with Crippen molar-refractivity contribution in [2.75, 3.05) is 13.3 Å². The highest BCUT2D eigenvalue weighted by Gasteiger charge is 2.16. The summed E-state index contributed by atoms with van der Waals surface area (Å²) in [7, 11) is 0. The number of ether oxygens (including phenoxy) is 2. The SMILES string of the molecule is CC(=O)NCCc1cc2c(cc1CC#N)OCO2. The first-order valence-electron chi connectivity index (χ1n) is 5.73. The first-order chi connectivity index (χ1) is 8.70. The van der Waals surface area contributed by atoms with Gasteiger partial charge in [0, 0.05) is 13.5 Å². The van der Waals surface area contributed by atoms with Gasteiger partial charge in [0.2, 0.25) is 12.7 Å². The van der Waals surface area contributed by atoms with E-state index in [9.17, 15) is 4.79 Å². The predicted octanol–water partition coefficient (Wildman–Crippen LogP) is 1.16. The molecule has 1 aromatic rings. The maximum atomic E-state index is 10.8. The molecule has 0 aromatic heterocycles. The van der Waals surface area contributed by atoms with E-state index in [1.54, 1.807) is 0 Å². The average Bonchev–Trinajstić information content (AvgIpc) is 2.76. The summed E-state index contributed by atoms with van der Waals surface area (Å²) in [6.07, 6.45) is 0.999. The van der Waals surface area contributed by atoms with Gasteiger partial charge in [0.05, 0.1) is 12.5 Å². The van der Waals surface area contributed by atoms with Crippen LogP contribution in [0.5, 0.6) is 11.5 Å². The molecule has 1 aliphatic heterocycles. The van der Waals surface area contributed by atoms with Gasteiger partial charge in [0.15, 0.2) is 11.5 Å². The fourth-order valence-electron chi connectivity index (χ4n) is 1.88. The summed E-state index contributed by atoms with van der Waals surface area (Å²) in [6, 6.07) is 5.86. The highest BCUT2D eigenvalue weighted by molar-refractivity contribution is 5.72. The summed E-state index contributed by atoms with van der Waals surface area (Å²) < 4.78 is 10.6. The zero-order chi connectivity index (χ0) is 13.0. The van der Waals surface area contributed by atoms with Crippen LogP contribution >= 0.6 is 0 Å². The van der Waals surface area contributed by atoms with Crippen LogP contribution in [0.15, 0.2) is 12.1 Å². The molecule has 0 atom stereocenters. The van der Waals surface area contributed by atoms with Gasteiger partial charge in [-0.2, -0.15) is 5.26 Å². The number of benzene rings is 1. The van der Waals surface area contributed by atoms with E-state index in [0.29, 0.717) is 30.9 Å². The number of carbonyl (C=O) groups excluding carboxylic acids is 1. The van der Waals surface area contributed by atoms with Crippen LogP contribution < -0.4 is 14.8 Å². The second-order valence-corrected chi connectivity index (χ2v) is 4.04. The summed E-state index contributed by atoms with van der Waals surface area (Å²) in [5, 5.41) is 11.6. The number of carbonyl (C=O) groups is 1.